The van der Waals surface area contributed by atoms with E-state index < -0.39 is 17.1 Å². The number of pyridine rings is 1. The van der Waals surface area contributed by atoms with Crippen molar-refractivity contribution in [2.75, 3.05) is 17.7 Å². The largest absolute Gasteiger partial charge is 0.496 e. The molecule has 0 atom stereocenters. The van der Waals surface area contributed by atoms with Crippen LogP contribution in [0.2, 0.25) is 0 Å². The number of carbonyl (C=O) groups excluding carboxylic acids is 2. The molecule has 0 bridgehead atoms. The lowest BCUT2D eigenvalue weighted by Crippen LogP contribution is -2.35. The van der Waals surface area contributed by atoms with E-state index in [-0.39, 0.29) is 5.91 Å². The maximum absolute atomic E-state index is 13.1. The highest BCUT2D eigenvalue weighted by Crippen LogP contribution is 2.47. The molecule has 5 rings (SSSR count). The Morgan fingerprint density at radius 3 is 2.11 bits per heavy atom. The van der Waals surface area contributed by atoms with Gasteiger partial charge in [0.1, 0.15) is 28.5 Å². The molecule has 0 unspecified atom stereocenters. The van der Waals surface area contributed by atoms with Gasteiger partial charge in [-0.1, -0.05) is 6.92 Å². The number of hydrogen-bond donors (Lipinski definition) is 2. The zero-order valence-electron chi connectivity index (χ0n) is 20.5. The predicted molar refractivity (Wildman–Crippen MR) is 140 cm³/mol. The number of carbonyl (C=O) groups is 2. The first kappa shape index (κ1) is 24.2. The van der Waals surface area contributed by atoms with Crippen LogP contribution in [-0.4, -0.2) is 23.9 Å². The Labute approximate surface area is 213 Å². The van der Waals surface area contributed by atoms with Crippen molar-refractivity contribution < 1.29 is 23.5 Å². The quantitative estimate of drug-likeness (QED) is 0.286. The summed E-state index contributed by atoms with van der Waals surface area (Å²) in [5.41, 5.74) is 1.74. The lowest BCUT2D eigenvalue weighted by molar-refractivity contribution is -0.131. The number of nitrogens with zero attached hydrogens (tertiary/aromatic N) is 1. The van der Waals surface area contributed by atoms with Gasteiger partial charge in [-0.2, -0.15) is 0 Å². The fourth-order valence-corrected chi connectivity index (χ4v) is 4.20. The molecule has 37 heavy (non-hydrogen) atoms. The standard InChI is InChI=1S/C29H26FN3O4/c1-3-18-16-24-23(17-26(18)36-2)25(12-15-31-24)37-22-10-8-21(9-11-22)33-28(35)29(13-14-29)27(34)32-20-6-4-19(30)5-7-20/h4-12,15-17H,3,13-14H2,1-2H3,(H,32,34)(H,33,35). The monoisotopic (exact) mass is 499 g/mol. The molecule has 2 amide bonds. The smallest absolute Gasteiger partial charge is 0.240 e. The van der Waals surface area contributed by atoms with Crippen molar-refractivity contribution in [1.29, 1.82) is 0 Å². The lowest BCUT2D eigenvalue weighted by Gasteiger charge is -2.16. The van der Waals surface area contributed by atoms with E-state index >= 15 is 0 Å². The van der Waals surface area contributed by atoms with Crippen LogP contribution in [0.1, 0.15) is 25.3 Å². The van der Waals surface area contributed by atoms with E-state index in [1.165, 1.54) is 24.3 Å². The topological polar surface area (TPSA) is 89.5 Å². The van der Waals surface area contributed by atoms with Crippen molar-refractivity contribution in [3.05, 3.63) is 84.3 Å². The van der Waals surface area contributed by atoms with Gasteiger partial charge in [0.2, 0.25) is 11.8 Å². The van der Waals surface area contributed by atoms with Crippen LogP contribution >= 0.6 is 0 Å². The number of halogens is 1. The molecule has 3 aromatic carbocycles. The first-order valence-electron chi connectivity index (χ1n) is 12.0. The summed E-state index contributed by atoms with van der Waals surface area (Å²) in [4.78, 5) is 30.2. The van der Waals surface area contributed by atoms with Crippen LogP contribution in [0.4, 0.5) is 15.8 Å². The molecule has 188 valence electrons. The number of aryl methyl sites for hydroxylation is 1. The van der Waals surface area contributed by atoms with Crippen LogP contribution in [-0.2, 0) is 16.0 Å². The Kier molecular flexibility index (Phi) is 6.48. The summed E-state index contributed by atoms with van der Waals surface area (Å²) < 4.78 is 24.8. The number of nitrogens with one attached hydrogen (secondary N) is 2. The average molecular weight is 500 g/mol. The molecule has 1 fully saturated rings. The van der Waals surface area contributed by atoms with Gasteiger partial charge in [0.25, 0.3) is 0 Å². The van der Waals surface area contributed by atoms with Gasteiger partial charge in [0, 0.05) is 23.0 Å². The van der Waals surface area contributed by atoms with Gasteiger partial charge in [0.15, 0.2) is 0 Å². The average Bonchev–Trinajstić information content (AvgIpc) is 3.73. The molecule has 4 aromatic rings. The summed E-state index contributed by atoms with van der Waals surface area (Å²) in [6.45, 7) is 2.06. The molecule has 8 heteroatoms. The number of fused-ring (bicyclic) bond motifs is 1. The Hall–Kier alpha value is -4.46. The van der Waals surface area contributed by atoms with E-state index in [1.54, 1.807) is 43.6 Å². The highest BCUT2D eigenvalue weighted by molar-refractivity contribution is 6.16. The summed E-state index contributed by atoms with van der Waals surface area (Å²) >= 11 is 0. The van der Waals surface area contributed by atoms with Crippen molar-refractivity contribution in [3.63, 3.8) is 0 Å². The molecule has 1 saturated carbocycles. The van der Waals surface area contributed by atoms with E-state index in [2.05, 4.69) is 22.5 Å². The number of benzene rings is 3. The van der Waals surface area contributed by atoms with E-state index in [0.717, 1.165) is 28.6 Å². The first-order valence-corrected chi connectivity index (χ1v) is 12.0. The van der Waals surface area contributed by atoms with Gasteiger partial charge in [0.05, 0.1) is 12.6 Å². The van der Waals surface area contributed by atoms with Gasteiger partial charge in [-0.25, -0.2) is 4.39 Å². The lowest BCUT2D eigenvalue weighted by atomic mass is 10.0. The predicted octanol–water partition coefficient (Wildman–Crippen LogP) is 6.09. The summed E-state index contributed by atoms with van der Waals surface area (Å²) in [6, 6.07) is 18.1. The summed E-state index contributed by atoms with van der Waals surface area (Å²) in [5, 5.41) is 6.36. The molecule has 0 saturated heterocycles. The van der Waals surface area contributed by atoms with Crippen LogP contribution < -0.4 is 20.1 Å². The molecular formula is C29H26FN3O4. The number of ether oxygens (including phenoxy) is 2. The third-order valence-electron chi connectivity index (χ3n) is 6.55. The Morgan fingerprint density at radius 1 is 0.919 bits per heavy atom. The van der Waals surface area contributed by atoms with Crippen LogP contribution in [0.15, 0.2) is 72.9 Å². The minimum Gasteiger partial charge on any atom is -0.496 e. The summed E-state index contributed by atoms with van der Waals surface area (Å²) in [7, 11) is 1.64. The molecule has 0 spiro atoms. The minimum absolute atomic E-state index is 0.375. The van der Waals surface area contributed by atoms with Gasteiger partial charge in [-0.3, -0.25) is 14.6 Å². The van der Waals surface area contributed by atoms with Crippen LogP contribution in [0.3, 0.4) is 0 Å². The second-order valence-corrected chi connectivity index (χ2v) is 8.97. The van der Waals surface area contributed by atoms with Crippen molar-refractivity contribution in [2.24, 2.45) is 5.41 Å². The number of rotatable bonds is 8. The number of hydrogen-bond acceptors (Lipinski definition) is 5. The second-order valence-electron chi connectivity index (χ2n) is 8.97. The van der Waals surface area contributed by atoms with Crippen molar-refractivity contribution in [2.45, 2.75) is 26.2 Å². The van der Waals surface area contributed by atoms with Crippen molar-refractivity contribution in [3.8, 4) is 17.2 Å². The van der Waals surface area contributed by atoms with Gasteiger partial charge in [-0.15, -0.1) is 0 Å². The van der Waals surface area contributed by atoms with Gasteiger partial charge < -0.3 is 20.1 Å². The third kappa shape index (κ3) is 4.95. The third-order valence-corrected chi connectivity index (χ3v) is 6.55. The Morgan fingerprint density at radius 2 is 1.54 bits per heavy atom. The summed E-state index contributed by atoms with van der Waals surface area (Å²) in [5.74, 6) is 0.828. The fraction of sp³-hybridized carbons (Fsp3) is 0.207. The molecule has 1 heterocycles. The molecule has 0 radical (unpaired) electrons. The zero-order valence-corrected chi connectivity index (χ0v) is 20.5. The minimum atomic E-state index is -1.13. The van der Waals surface area contributed by atoms with Crippen molar-refractivity contribution in [1.82, 2.24) is 4.98 Å². The Balaban J connectivity index is 1.27. The summed E-state index contributed by atoms with van der Waals surface area (Å²) in [6.07, 6.45) is 3.43. The molecule has 1 aliphatic rings. The van der Waals surface area contributed by atoms with E-state index in [0.29, 0.717) is 35.7 Å². The SMILES string of the molecule is CCc1cc2nccc(Oc3ccc(NC(=O)C4(C(=O)Nc5ccc(F)cc5)CC4)cc3)c2cc1OC. The second kappa shape index (κ2) is 9.89. The number of anilines is 2. The van der Waals surface area contributed by atoms with E-state index in [1.807, 2.05) is 12.1 Å². The number of methoxy groups -OCH3 is 1. The molecule has 7 nitrogen and oxygen atoms in total. The maximum Gasteiger partial charge on any atom is 0.240 e. The van der Waals surface area contributed by atoms with E-state index in [9.17, 15) is 14.0 Å². The van der Waals surface area contributed by atoms with Gasteiger partial charge in [-0.05, 0) is 91.6 Å². The van der Waals surface area contributed by atoms with E-state index in [4.69, 9.17) is 9.47 Å². The first-order chi connectivity index (χ1) is 17.9. The van der Waals surface area contributed by atoms with Crippen molar-refractivity contribution >= 4 is 34.1 Å². The van der Waals surface area contributed by atoms with Crippen LogP contribution in [0.5, 0.6) is 17.2 Å². The highest BCUT2D eigenvalue weighted by Gasteiger charge is 2.56. The molecule has 2 N–H and O–H groups in total. The Bertz CT molecular complexity index is 1470. The molecule has 1 aliphatic carbocycles. The van der Waals surface area contributed by atoms with Crippen LogP contribution in [0, 0.1) is 11.2 Å². The van der Waals surface area contributed by atoms with Crippen LogP contribution in [0.25, 0.3) is 10.9 Å². The highest BCUT2D eigenvalue weighted by atomic mass is 19.1. The number of amides is 2. The van der Waals surface area contributed by atoms with Gasteiger partial charge >= 0.3 is 0 Å². The molecular weight excluding hydrogens is 473 g/mol. The fourth-order valence-electron chi connectivity index (χ4n) is 4.20. The number of aromatic nitrogens is 1. The molecule has 1 aromatic heterocycles. The zero-order chi connectivity index (χ0) is 26.0. The molecule has 0 aliphatic heterocycles. The normalized spacial score (nSPS) is 13.6. The maximum atomic E-state index is 13.1.